The van der Waals surface area contributed by atoms with Gasteiger partial charge in [0, 0.05) is 9.79 Å². The Morgan fingerprint density at radius 3 is 2.29 bits per heavy atom. The molecule has 17 heavy (non-hydrogen) atoms. The average molecular weight is 263 g/mol. The third-order valence-electron chi connectivity index (χ3n) is 2.47. The van der Waals surface area contributed by atoms with Crippen molar-refractivity contribution in [2.75, 3.05) is 0 Å². The summed E-state index contributed by atoms with van der Waals surface area (Å²) in [4.78, 5) is 2.06. The van der Waals surface area contributed by atoms with Crippen LogP contribution in [0.25, 0.3) is 0 Å². The molecule has 0 N–H and O–H groups in total. The van der Waals surface area contributed by atoms with Gasteiger partial charge in [0.05, 0.1) is 0 Å². The largest absolute Gasteiger partial charge is 0.289 e. The lowest BCUT2D eigenvalue weighted by Crippen LogP contribution is -1.91. The molecule has 0 saturated heterocycles. The molecule has 1 heterocycles. The highest BCUT2D eigenvalue weighted by Gasteiger charge is 2.28. The number of benzene rings is 2. The molecule has 0 bridgehead atoms. The zero-order valence-electron chi connectivity index (χ0n) is 8.78. The smallest absolute Gasteiger partial charge is 0.199 e. The fourth-order valence-electron chi connectivity index (χ4n) is 1.72. The van der Waals surface area contributed by atoms with E-state index in [1.165, 1.54) is 0 Å². The van der Waals surface area contributed by atoms with Crippen LogP contribution in [-0.4, -0.2) is 8.42 Å². The highest BCUT2D eigenvalue weighted by atomic mass is 32.3. The Balaban J connectivity index is 2.29. The van der Waals surface area contributed by atoms with Gasteiger partial charge in [-0.3, -0.25) is 0 Å². The third-order valence-corrected chi connectivity index (χ3v) is 6.39. The van der Waals surface area contributed by atoms with Gasteiger partial charge >= 0.3 is 0 Å². The first-order valence-corrected chi connectivity index (χ1v) is 7.67. The van der Waals surface area contributed by atoms with E-state index in [0.29, 0.717) is 4.90 Å². The maximum absolute atomic E-state index is 11.9. The van der Waals surface area contributed by atoms with Crippen molar-refractivity contribution in [2.45, 2.75) is 14.7 Å². The number of rotatable bonds is 1. The lowest BCUT2D eigenvalue weighted by Gasteiger charge is -2.02. The van der Waals surface area contributed by atoms with Gasteiger partial charge in [-0.1, -0.05) is 30.3 Å². The van der Waals surface area contributed by atoms with Gasteiger partial charge in [-0.05, 0) is 35.0 Å². The van der Waals surface area contributed by atoms with Gasteiger partial charge in [-0.25, -0.2) is 0 Å². The van der Waals surface area contributed by atoms with Crippen LogP contribution in [0.5, 0.6) is 0 Å². The van der Waals surface area contributed by atoms with E-state index in [2.05, 4.69) is 3.77 Å². The second-order valence-corrected chi connectivity index (χ2v) is 7.06. The van der Waals surface area contributed by atoms with E-state index in [1.807, 2.05) is 42.5 Å². The SMILES string of the molecule is O=S1(=O)N=[S@](c2ccccc2)c2ccccc21. The predicted octanol–water partition coefficient (Wildman–Crippen LogP) is 2.61. The van der Waals surface area contributed by atoms with Crippen molar-refractivity contribution in [3.63, 3.8) is 0 Å². The summed E-state index contributed by atoms with van der Waals surface area (Å²) >= 11 is 0. The van der Waals surface area contributed by atoms with Crippen LogP contribution < -0.4 is 0 Å². The molecule has 86 valence electrons. The summed E-state index contributed by atoms with van der Waals surface area (Å²) < 4.78 is 27.7. The van der Waals surface area contributed by atoms with Gasteiger partial charge in [0.25, 0.3) is 10.0 Å². The Kier molecular flexibility index (Phi) is 2.38. The molecule has 0 radical (unpaired) electrons. The van der Waals surface area contributed by atoms with Crippen molar-refractivity contribution in [2.24, 2.45) is 3.77 Å². The summed E-state index contributed by atoms with van der Waals surface area (Å²) in [6, 6.07) is 16.5. The molecule has 1 aliphatic rings. The Bertz CT molecular complexity index is 706. The van der Waals surface area contributed by atoms with E-state index >= 15 is 0 Å². The van der Waals surface area contributed by atoms with Gasteiger partial charge in [0.1, 0.15) is 4.90 Å². The number of sulfonamides is 1. The van der Waals surface area contributed by atoms with Crippen molar-refractivity contribution in [1.82, 2.24) is 0 Å². The van der Waals surface area contributed by atoms with Gasteiger partial charge < -0.3 is 0 Å². The van der Waals surface area contributed by atoms with E-state index in [0.717, 1.165) is 9.79 Å². The van der Waals surface area contributed by atoms with Crippen LogP contribution in [0, 0.1) is 0 Å². The van der Waals surface area contributed by atoms with Gasteiger partial charge in [0.2, 0.25) is 0 Å². The molecule has 2 aromatic carbocycles. The van der Waals surface area contributed by atoms with Crippen molar-refractivity contribution < 1.29 is 8.42 Å². The number of hydrogen-bond acceptors (Lipinski definition) is 2. The summed E-state index contributed by atoms with van der Waals surface area (Å²) in [6.45, 7) is 0. The minimum absolute atomic E-state index is 0.340. The molecule has 3 nitrogen and oxygen atoms in total. The lowest BCUT2D eigenvalue weighted by molar-refractivity contribution is 0.598. The molecule has 0 amide bonds. The molecular formula is C12H9NO2S2. The summed E-state index contributed by atoms with van der Waals surface area (Å²) in [5.74, 6) is 0. The van der Waals surface area contributed by atoms with Crippen LogP contribution in [0.15, 0.2) is 73.1 Å². The molecule has 2 aromatic rings. The van der Waals surface area contributed by atoms with Gasteiger partial charge in [0.15, 0.2) is 0 Å². The minimum atomic E-state index is -3.47. The minimum Gasteiger partial charge on any atom is -0.199 e. The third kappa shape index (κ3) is 1.71. The van der Waals surface area contributed by atoms with Gasteiger partial charge in [-0.15, -0.1) is 3.77 Å². The van der Waals surface area contributed by atoms with Crippen molar-refractivity contribution >= 4 is 20.7 Å². The van der Waals surface area contributed by atoms with Gasteiger partial charge in [-0.2, -0.15) is 8.42 Å². The first-order valence-electron chi connectivity index (χ1n) is 5.05. The normalized spacial score (nSPS) is 20.6. The first-order chi connectivity index (χ1) is 8.18. The van der Waals surface area contributed by atoms with Crippen molar-refractivity contribution in [3.8, 4) is 0 Å². The number of fused-ring (bicyclic) bond motifs is 1. The van der Waals surface area contributed by atoms with Crippen molar-refractivity contribution in [3.05, 3.63) is 54.6 Å². The summed E-state index contributed by atoms with van der Waals surface area (Å²) in [6.07, 6.45) is 0. The first kappa shape index (κ1) is 10.7. The Hall–Kier alpha value is -1.46. The Morgan fingerprint density at radius 2 is 1.53 bits per heavy atom. The number of hydrogen-bond donors (Lipinski definition) is 0. The molecule has 0 aliphatic carbocycles. The fourth-order valence-corrected chi connectivity index (χ4v) is 5.75. The molecule has 1 atom stereocenters. The quantitative estimate of drug-likeness (QED) is 0.794. The van der Waals surface area contributed by atoms with Crippen LogP contribution in [0.4, 0.5) is 0 Å². The van der Waals surface area contributed by atoms with Crippen LogP contribution >= 0.6 is 0 Å². The number of nitrogens with zero attached hydrogens (tertiary/aromatic N) is 1. The van der Waals surface area contributed by atoms with Crippen molar-refractivity contribution in [1.29, 1.82) is 0 Å². The molecule has 1 aliphatic heterocycles. The fraction of sp³-hybridized carbons (Fsp3) is 0. The Labute approximate surface area is 102 Å². The molecule has 0 fully saturated rings. The van der Waals surface area contributed by atoms with E-state index in [-0.39, 0.29) is 0 Å². The van der Waals surface area contributed by atoms with E-state index in [1.54, 1.807) is 12.1 Å². The second-order valence-electron chi connectivity index (χ2n) is 3.59. The Morgan fingerprint density at radius 1 is 0.882 bits per heavy atom. The van der Waals surface area contributed by atoms with E-state index in [9.17, 15) is 8.42 Å². The monoisotopic (exact) mass is 263 g/mol. The molecular weight excluding hydrogens is 254 g/mol. The maximum atomic E-state index is 11.9. The predicted molar refractivity (Wildman–Crippen MR) is 66.4 cm³/mol. The second kappa shape index (κ2) is 3.78. The molecule has 0 aromatic heterocycles. The van der Waals surface area contributed by atoms with E-state index < -0.39 is 20.7 Å². The molecule has 0 spiro atoms. The maximum Gasteiger partial charge on any atom is 0.289 e. The highest BCUT2D eigenvalue weighted by Crippen LogP contribution is 2.33. The topological polar surface area (TPSA) is 46.5 Å². The average Bonchev–Trinajstić information content (AvgIpc) is 2.64. The van der Waals surface area contributed by atoms with Crippen LogP contribution in [0.1, 0.15) is 0 Å². The van der Waals surface area contributed by atoms with E-state index in [4.69, 9.17) is 0 Å². The zero-order valence-corrected chi connectivity index (χ0v) is 10.4. The zero-order chi connectivity index (χ0) is 11.9. The summed E-state index contributed by atoms with van der Waals surface area (Å²) in [7, 11) is -4.16. The van der Waals surface area contributed by atoms with Crippen LogP contribution in [-0.2, 0) is 20.7 Å². The standard InChI is InChI=1S/C12H9NO2S2/c14-17(15)12-9-5-4-8-11(12)16(13-17)10-6-2-1-3-7-10/h1-9H/t16-/m1/s1. The summed E-state index contributed by atoms with van der Waals surface area (Å²) in [5.41, 5.74) is 0. The van der Waals surface area contributed by atoms with Crippen LogP contribution in [0.2, 0.25) is 0 Å². The van der Waals surface area contributed by atoms with Crippen LogP contribution in [0.3, 0.4) is 0 Å². The lowest BCUT2D eigenvalue weighted by atomic mass is 10.4. The highest BCUT2D eigenvalue weighted by molar-refractivity contribution is 8.02. The molecule has 5 heteroatoms. The molecule has 0 saturated carbocycles. The molecule has 0 unspecified atom stereocenters. The summed E-state index contributed by atoms with van der Waals surface area (Å²) in [5, 5.41) is 0. The molecule has 3 rings (SSSR count).